The van der Waals surface area contributed by atoms with Gasteiger partial charge in [0.05, 0.1) is 34.4 Å². The molecule has 0 aromatic heterocycles. The van der Waals surface area contributed by atoms with Crippen molar-refractivity contribution in [3.8, 4) is 0 Å². The highest BCUT2D eigenvalue weighted by Gasteiger charge is 2.20. The maximum atomic E-state index is 12.6. The summed E-state index contributed by atoms with van der Waals surface area (Å²) in [4.78, 5) is 24.9. The van der Waals surface area contributed by atoms with Crippen LogP contribution in [0.25, 0.3) is 0 Å². The van der Waals surface area contributed by atoms with E-state index in [2.05, 4.69) is 38.2 Å². The molecule has 0 aliphatic carbocycles. The van der Waals surface area contributed by atoms with Crippen LogP contribution in [0.15, 0.2) is 24.3 Å². The molecule has 290 valence electrons. The van der Waals surface area contributed by atoms with Gasteiger partial charge in [0.1, 0.15) is 19.3 Å². The predicted molar refractivity (Wildman–Crippen MR) is 204 cm³/mol. The van der Waals surface area contributed by atoms with Crippen LogP contribution in [0, 0.1) is 0 Å². The Morgan fingerprint density at radius 1 is 0.633 bits per heavy atom. The smallest absolute Gasteiger partial charge is 0.306 e. The number of carbonyl (C=O) groups is 1. The summed E-state index contributed by atoms with van der Waals surface area (Å²) in [6.07, 6.45) is 36.0. The molecular weight excluding hydrogens is 637 g/mol. The van der Waals surface area contributed by atoms with Crippen LogP contribution in [-0.2, 0) is 27.9 Å². The second-order valence-corrected chi connectivity index (χ2v) is 16.1. The molecule has 1 unspecified atom stereocenters. The van der Waals surface area contributed by atoms with E-state index in [4.69, 9.17) is 18.5 Å². The van der Waals surface area contributed by atoms with Gasteiger partial charge in [-0.05, 0) is 44.9 Å². The van der Waals surface area contributed by atoms with Gasteiger partial charge >= 0.3 is 5.97 Å². The fraction of sp³-hybridized carbons (Fsp3) is 0.875. The van der Waals surface area contributed by atoms with Crippen molar-refractivity contribution in [3.63, 3.8) is 0 Å². The summed E-state index contributed by atoms with van der Waals surface area (Å²) in [5.41, 5.74) is 0. The van der Waals surface area contributed by atoms with Gasteiger partial charge in [0, 0.05) is 13.0 Å². The third kappa shape index (κ3) is 38.1. The molecule has 0 bridgehead atoms. The Bertz CT molecular complexity index is 843. The monoisotopic (exact) mass is 716 g/mol. The molecule has 49 heavy (non-hydrogen) atoms. The van der Waals surface area contributed by atoms with E-state index in [0.717, 1.165) is 57.8 Å². The van der Waals surface area contributed by atoms with E-state index in [1.807, 2.05) is 21.1 Å². The average molecular weight is 716 g/mol. The van der Waals surface area contributed by atoms with Gasteiger partial charge in [-0.25, -0.2) is 0 Å². The lowest BCUT2D eigenvalue weighted by Gasteiger charge is -2.28. The molecule has 0 rings (SSSR count). The molecular formula is C40H78NO7P. The Kier molecular flexibility index (Phi) is 33.4. The first kappa shape index (κ1) is 48.0. The van der Waals surface area contributed by atoms with Crippen molar-refractivity contribution < 1.29 is 37.3 Å². The van der Waals surface area contributed by atoms with Crippen LogP contribution in [0.1, 0.15) is 168 Å². The first-order valence-electron chi connectivity index (χ1n) is 20.1. The quantitative estimate of drug-likeness (QED) is 0.0208. The highest BCUT2D eigenvalue weighted by molar-refractivity contribution is 7.45. The van der Waals surface area contributed by atoms with E-state index in [-0.39, 0.29) is 25.8 Å². The first-order chi connectivity index (χ1) is 23.6. The highest BCUT2D eigenvalue weighted by Crippen LogP contribution is 2.38. The van der Waals surface area contributed by atoms with Crippen LogP contribution in [0.5, 0.6) is 0 Å². The van der Waals surface area contributed by atoms with Gasteiger partial charge in [-0.15, -0.1) is 0 Å². The maximum absolute atomic E-state index is 12.6. The SMILES string of the molecule is CCCCC/C=C\C/C=C\CCCCCCCC(=O)O[C@H](COCCCCCCCCCCCCCC)COP(=O)([O-])OCC[N+](C)(C)C. The van der Waals surface area contributed by atoms with E-state index in [0.29, 0.717) is 24.1 Å². The minimum absolute atomic E-state index is 0.0248. The molecule has 9 heteroatoms. The van der Waals surface area contributed by atoms with E-state index < -0.39 is 13.9 Å². The molecule has 0 N–H and O–H groups in total. The van der Waals surface area contributed by atoms with Crippen LogP contribution in [-0.4, -0.2) is 70.7 Å². The number of ether oxygens (including phenoxy) is 2. The number of phosphoric ester groups is 1. The molecule has 0 heterocycles. The molecule has 0 aliphatic heterocycles. The average Bonchev–Trinajstić information content (AvgIpc) is 3.04. The van der Waals surface area contributed by atoms with Gasteiger partial charge in [0.25, 0.3) is 7.82 Å². The lowest BCUT2D eigenvalue weighted by atomic mass is 10.1. The molecule has 0 aromatic carbocycles. The topological polar surface area (TPSA) is 94.1 Å². The molecule has 0 radical (unpaired) electrons. The molecule has 0 aromatic rings. The van der Waals surface area contributed by atoms with Crippen molar-refractivity contribution in [2.24, 2.45) is 0 Å². The van der Waals surface area contributed by atoms with Crippen LogP contribution >= 0.6 is 7.82 Å². The fourth-order valence-electron chi connectivity index (χ4n) is 5.34. The summed E-state index contributed by atoms with van der Waals surface area (Å²) in [5.74, 6) is -0.347. The third-order valence-electron chi connectivity index (χ3n) is 8.51. The van der Waals surface area contributed by atoms with Gasteiger partial charge < -0.3 is 27.9 Å². The first-order valence-corrected chi connectivity index (χ1v) is 21.5. The summed E-state index contributed by atoms with van der Waals surface area (Å²) < 4.78 is 34.5. The van der Waals surface area contributed by atoms with Gasteiger partial charge in [0.2, 0.25) is 0 Å². The van der Waals surface area contributed by atoms with Gasteiger partial charge in [0.15, 0.2) is 0 Å². The van der Waals surface area contributed by atoms with E-state index >= 15 is 0 Å². The predicted octanol–water partition coefficient (Wildman–Crippen LogP) is 10.6. The van der Waals surface area contributed by atoms with Gasteiger partial charge in [-0.1, -0.05) is 141 Å². The molecule has 0 saturated carbocycles. The second kappa shape index (κ2) is 34.1. The number of allylic oxidation sites excluding steroid dienone is 4. The second-order valence-electron chi connectivity index (χ2n) is 14.6. The summed E-state index contributed by atoms with van der Waals surface area (Å²) in [6, 6.07) is 0. The highest BCUT2D eigenvalue weighted by atomic mass is 31.2. The van der Waals surface area contributed by atoms with Crippen LogP contribution in [0.3, 0.4) is 0 Å². The Morgan fingerprint density at radius 2 is 1.12 bits per heavy atom. The molecule has 0 aliphatic rings. The normalized spacial score (nSPS) is 14.2. The molecule has 0 fully saturated rings. The zero-order valence-electron chi connectivity index (χ0n) is 32.6. The Labute approximate surface area is 303 Å². The van der Waals surface area contributed by atoms with Gasteiger partial charge in [-0.3, -0.25) is 9.36 Å². The number of unbranched alkanes of at least 4 members (excludes halogenated alkanes) is 19. The lowest BCUT2D eigenvalue weighted by Crippen LogP contribution is -2.37. The number of phosphoric acid groups is 1. The van der Waals surface area contributed by atoms with Crippen LogP contribution in [0.4, 0.5) is 0 Å². The van der Waals surface area contributed by atoms with Crippen molar-refractivity contribution >= 4 is 13.8 Å². The molecule has 0 amide bonds. The zero-order chi connectivity index (χ0) is 36.3. The van der Waals surface area contributed by atoms with Crippen molar-refractivity contribution in [2.75, 3.05) is 54.1 Å². The van der Waals surface area contributed by atoms with Crippen molar-refractivity contribution in [2.45, 2.75) is 174 Å². The zero-order valence-corrected chi connectivity index (χ0v) is 33.5. The number of likely N-dealkylation sites (N-methyl/N-ethyl adjacent to an activating group) is 1. The molecule has 0 spiro atoms. The fourth-order valence-corrected chi connectivity index (χ4v) is 6.07. The van der Waals surface area contributed by atoms with E-state index in [1.54, 1.807) is 0 Å². The van der Waals surface area contributed by atoms with E-state index in [9.17, 15) is 14.3 Å². The largest absolute Gasteiger partial charge is 0.756 e. The maximum Gasteiger partial charge on any atom is 0.306 e. The summed E-state index contributed by atoms with van der Waals surface area (Å²) in [5, 5.41) is 0. The summed E-state index contributed by atoms with van der Waals surface area (Å²) in [7, 11) is 1.35. The standard InChI is InChI=1S/C40H78NO7P/c1-6-8-10-12-14-16-18-20-21-22-23-25-27-29-31-33-40(42)48-39(38-47-49(43,44)46-36-34-41(3,4)5)37-45-35-32-30-28-26-24-19-17-15-13-11-9-7-2/h14,16,20-21,39H,6-13,15,17-19,22-38H2,1-5H3/b16-14-,21-20-/t39-/m1/s1. The summed E-state index contributed by atoms with van der Waals surface area (Å²) >= 11 is 0. The number of nitrogens with zero attached hydrogens (tertiary/aromatic N) is 1. The van der Waals surface area contributed by atoms with Gasteiger partial charge in [-0.2, -0.15) is 0 Å². The molecule has 0 saturated heterocycles. The molecule has 8 nitrogen and oxygen atoms in total. The number of hydrogen-bond acceptors (Lipinski definition) is 7. The number of rotatable bonds is 37. The van der Waals surface area contributed by atoms with E-state index in [1.165, 1.54) is 89.9 Å². The number of hydrogen-bond donors (Lipinski definition) is 0. The minimum Gasteiger partial charge on any atom is -0.756 e. The van der Waals surface area contributed by atoms with Crippen molar-refractivity contribution in [3.05, 3.63) is 24.3 Å². The number of esters is 1. The number of carbonyl (C=O) groups excluding carboxylic acids is 1. The Balaban J connectivity index is 4.30. The summed E-state index contributed by atoms with van der Waals surface area (Å²) in [6.45, 7) is 5.37. The third-order valence-corrected chi connectivity index (χ3v) is 9.47. The van der Waals surface area contributed by atoms with Crippen LogP contribution < -0.4 is 4.89 Å². The van der Waals surface area contributed by atoms with Crippen LogP contribution in [0.2, 0.25) is 0 Å². The minimum atomic E-state index is -4.52. The Morgan fingerprint density at radius 3 is 1.69 bits per heavy atom. The lowest BCUT2D eigenvalue weighted by molar-refractivity contribution is -0.870. The number of quaternary nitrogens is 1. The molecule has 2 atom stereocenters. The van der Waals surface area contributed by atoms with Crippen molar-refractivity contribution in [1.82, 2.24) is 0 Å². The Hall–Kier alpha value is -1.02. The van der Waals surface area contributed by atoms with Crippen molar-refractivity contribution in [1.29, 1.82) is 0 Å².